The van der Waals surface area contributed by atoms with Crippen LogP contribution in [0, 0.1) is 0 Å². The van der Waals surface area contributed by atoms with Crippen molar-refractivity contribution in [3.05, 3.63) is 64.4 Å². The summed E-state index contributed by atoms with van der Waals surface area (Å²) in [4.78, 5) is 12.6. The summed E-state index contributed by atoms with van der Waals surface area (Å²) in [6, 6.07) is 11.9. The highest BCUT2D eigenvalue weighted by atomic mass is 35.5. The van der Waals surface area contributed by atoms with Gasteiger partial charge in [-0.05, 0) is 28.4 Å². The predicted octanol–water partition coefficient (Wildman–Crippen LogP) is 3.45. The van der Waals surface area contributed by atoms with E-state index in [9.17, 15) is 20.1 Å². The molecule has 4 rings (SSSR count). The molecule has 31 heavy (non-hydrogen) atoms. The van der Waals surface area contributed by atoms with Gasteiger partial charge in [-0.3, -0.25) is 4.79 Å². The molecular formula is C22H19ClN2O6. The molecule has 160 valence electrons. The van der Waals surface area contributed by atoms with Gasteiger partial charge in [0, 0.05) is 17.0 Å². The summed E-state index contributed by atoms with van der Waals surface area (Å²) in [6.45, 7) is -0.327. The van der Waals surface area contributed by atoms with Crippen LogP contribution >= 0.6 is 11.6 Å². The van der Waals surface area contributed by atoms with E-state index in [1.807, 2.05) is 12.1 Å². The van der Waals surface area contributed by atoms with E-state index in [-0.39, 0.29) is 42.1 Å². The molecule has 3 aromatic rings. The zero-order valence-electron chi connectivity index (χ0n) is 16.4. The Hall–Kier alpha value is -3.33. The summed E-state index contributed by atoms with van der Waals surface area (Å²) >= 11 is 6.46. The summed E-state index contributed by atoms with van der Waals surface area (Å²) < 4.78 is 10.0. The molecule has 0 bridgehead atoms. The van der Waals surface area contributed by atoms with E-state index >= 15 is 0 Å². The number of benzene rings is 2. The van der Waals surface area contributed by atoms with Crippen LogP contribution in [0.5, 0.6) is 5.88 Å². The molecule has 9 heteroatoms. The third-order valence-corrected chi connectivity index (χ3v) is 5.47. The van der Waals surface area contributed by atoms with Crippen LogP contribution in [-0.2, 0) is 4.79 Å². The van der Waals surface area contributed by atoms with Crippen molar-refractivity contribution in [2.75, 3.05) is 25.6 Å². The number of anilines is 1. The Labute approximate surface area is 182 Å². The first-order chi connectivity index (χ1) is 15.0. The van der Waals surface area contributed by atoms with Crippen molar-refractivity contribution in [2.24, 2.45) is 0 Å². The van der Waals surface area contributed by atoms with E-state index in [4.69, 9.17) is 20.9 Å². The summed E-state index contributed by atoms with van der Waals surface area (Å²) in [5.74, 6) is -1.07. The predicted molar refractivity (Wildman–Crippen MR) is 115 cm³/mol. The third kappa shape index (κ3) is 3.76. The minimum absolute atomic E-state index is 0.00486. The number of ether oxygens (including phenoxy) is 1. The van der Waals surface area contributed by atoms with Gasteiger partial charge in [-0.25, -0.2) is 0 Å². The lowest BCUT2D eigenvalue weighted by Crippen LogP contribution is -2.08. The first-order valence-corrected chi connectivity index (χ1v) is 9.76. The number of rotatable bonds is 6. The van der Waals surface area contributed by atoms with Crippen LogP contribution in [0.1, 0.15) is 22.8 Å². The van der Waals surface area contributed by atoms with E-state index in [1.54, 1.807) is 24.3 Å². The van der Waals surface area contributed by atoms with Crippen LogP contribution in [0.4, 0.5) is 5.69 Å². The number of nitrogens with one attached hydrogen (secondary N) is 1. The van der Waals surface area contributed by atoms with Crippen molar-refractivity contribution in [1.29, 1.82) is 0 Å². The number of halogens is 1. The fourth-order valence-corrected chi connectivity index (χ4v) is 3.71. The number of aliphatic hydroxyl groups excluding tert-OH is 3. The Bertz CT molecular complexity index is 1170. The highest BCUT2D eigenvalue weighted by Gasteiger charge is 2.31. The molecule has 0 atom stereocenters. The number of amides is 1. The monoisotopic (exact) mass is 442 g/mol. The molecule has 0 spiro atoms. The van der Waals surface area contributed by atoms with Crippen LogP contribution in [-0.4, -0.2) is 46.7 Å². The van der Waals surface area contributed by atoms with Gasteiger partial charge in [-0.15, -0.1) is 0 Å². The van der Waals surface area contributed by atoms with E-state index < -0.39 is 5.91 Å². The normalized spacial score (nSPS) is 14.5. The average molecular weight is 443 g/mol. The molecule has 1 amide bonds. The molecule has 1 aliphatic rings. The minimum Gasteiger partial charge on any atom is -0.504 e. The van der Waals surface area contributed by atoms with Gasteiger partial charge in [0.2, 0.25) is 5.76 Å². The smallest absolute Gasteiger partial charge is 0.260 e. The number of hydrogen-bond acceptors (Lipinski definition) is 7. The molecule has 0 saturated heterocycles. The van der Waals surface area contributed by atoms with Gasteiger partial charge < -0.3 is 29.9 Å². The maximum absolute atomic E-state index is 12.6. The number of hydrogen-bond donors (Lipinski definition) is 4. The minimum atomic E-state index is -0.500. The number of aliphatic hydroxyl groups is 3. The molecule has 1 aliphatic heterocycles. The lowest BCUT2D eigenvalue weighted by Gasteiger charge is -2.13. The van der Waals surface area contributed by atoms with Gasteiger partial charge in [-0.2, -0.15) is 0 Å². The average Bonchev–Trinajstić information content (AvgIpc) is 3.38. The molecule has 1 aromatic heterocycles. The summed E-state index contributed by atoms with van der Waals surface area (Å²) in [6.07, 6.45) is 0. The SMILES string of the molecule is COc1cc(/C(O)=C2\C(=O)Nc3cc(Cl)c(-c4ccc(C(CO)CO)cc4)cc32)on1. The molecular weight excluding hydrogens is 424 g/mol. The Morgan fingerprint density at radius 1 is 1.16 bits per heavy atom. The number of aromatic nitrogens is 1. The van der Waals surface area contributed by atoms with Gasteiger partial charge in [-0.1, -0.05) is 35.9 Å². The molecule has 2 aromatic carbocycles. The van der Waals surface area contributed by atoms with Crippen LogP contribution in [0.25, 0.3) is 22.5 Å². The van der Waals surface area contributed by atoms with Crippen LogP contribution < -0.4 is 10.1 Å². The van der Waals surface area contributed by atoms with Gasteiger partial charge in [0.25, 0.3) is 11.8 Å². The quantitative estimate of drug-likeness (QED) is 0.340. The maximum Gasteiger partial charge on any atom is 0.260 e. The first kappa shape index (κ1) is 20.9. The number of nitrogens with zero attached hydrogens (tertiary/aromatic N) is 1. The molecule has 0 fully saturated rings. The number of carbonyl (C=O) groups is 1. The van der Waals surface area contributed by atoms with Crippen molar-refractivity contribution in [2.45, 2.75) is 5.92 Å². The molecule has 8 nitrogen and oxygen atoms in total. The topological polar surface area (TPSA) is 125 Å². The second-order valence-electron chi connectivity index (χ2n) is 6.97. The third-order valence-electron chi connectivity index (χ3n) is 5.15. The zero-order valence-corrected chi connectivity index (χ0v) is 17.2. The van der Waals surface area contributed by atoms with Crippen molar-refractivity contribution in [1.82, 2.24) is 5.16 Å². The second-order valence-corrected chi connectivity index (χ2v) is 7.38. The van der Waals surface area contributed by atoms with Gasteiger partial charge in [0.05, 0.1) is 42.7 Å². The molecule has 0 radical (unpaired) electrons. The fraction of sp³-hybridized carbons (Fsp3) is 0.182. The Morgan fingerprint density at radius 2 is 1.87 bits per heavy atom. The van der Waals surface area contributed by atoms with Crippen molar-refractivity contribution >= 4 is 34.5 Å². The molecule has 0 aliphatic carbocycles. The van der Waals surface area contributed by atoms with Crippen LogP contribution in [0.2, 0.25) is 5.02 Å². The van der Waals surface area contributed by atoms with Crippen molar-refractivity contribution < 1.29 is 29.4 Å². The summed E-state index contributed by atoms with van der Waals surface area (Å²) in [5, 5.41) is 36.1. The van der Waals surface area contributed by atoms with E-state index in [1.165, 1.54) is 13.2 Å². The summed E-state index contributed by atoms with van der Waals surface area (Å²) in [7, 11) is 1.41. The highest BCUT2D eigenvalue weighted by Crippen LogP contribution is 2.42. The number of methoxy groups -OCH3 is 1. The van der Waals surface area contributed by atoms with E-state index in [0.29, 0.717) is 21.8 Å². The lowest BCUT2D eigenvalue weighted by atomic mass is 9.95. The highest BCUT2D eigenvalue weighted by molar-refractivity contribution is 6.38. The van der Waals surface area contributed by atoms with Crippen molar-refractivity contribution in [3.63, 3.8) is 0 Å². The van der Waals surface area contributed by atoms with Crippen molar-refractivity contribution in [3.8, 4) is 17.0 Å². The van der Waals surface area contributed by atoms with Gasteiger partial charge in [0.1, 0.15) is 0 Å². The molecule has 0 saturated carbocycles. The van der Waals surface area contributed by atoms with Crippen LogP contribution in [0.15, 0.2) is 47.0 Å². The fourth-order valence-electron chi connectivity index (χ4n) is 3.44. The van der Waals surface area contributed by atoms with E-state index in [2.05, 4.69) is 10.5 Å². The Morgan fingerprint density at radius 3 is 2.48 bits per heavy atom. The second kappa shape index (κ2) is 8.43. The zero-order chi connectivity index (χ0) is 22.1. The summed E-state index contributed by atoms with van der Waals surface area (Å²) in [5.41, 5.74) is 3.16. The number of fused-ring (bicyclic) bond motifs is 1. The van der Waals surface area contributed by atoms with Gasteiger partial charge in [0.15, 0.2) is 5.76 Å². The van der Waals surface area contributed by atoms with E-state index in [0.717, 1.165) is 11.1 Å². The lowest BCUT2D eigenvalue weighted by molar-refractivity contribution is -0.110. The first-order valence-electron chi connectivity index (χ1n) is 9.38. The molecule has 2 heterocycles. The maximum atomic E-state index is 12.6. The largest absolute Gasteiger partial charge is 0.504 e. The molecule has 0 unspecified atom stereocenters. The van der Waals surface area contributed by atoms with Gasteiger partial charge >= 0.3 is 0 Å². The van der Waals surface area contributed by atoms with Crippen LogP contribution in [0.3, 0.4) is 0 Å². The standard InChI is InChI=1S/C22H19ClN2O6/c1-30-19-8-18(31-25-19)21(28)20-15-6-14(16(23)7-17(15)24-22(20)29)12-4-2-11(3-5-12)13(9-26)10-27/h2-8,13,26-28H,9-10H2,1H3,(H,24,29)/b21-20+. The Kier molecular flexibility index (Phi) is 5.69. The number of carbonyl (C=O) groups excluding carboxylic acids is 1. The Balaban J connectivity index is 1.78. The molecule has 4 N–H and O–H groups in total.